The third-order valence-electron chi connectivity index (χ3n) is 15.6. The van der Waals surface area contributed by atoms with Gasteiger partial charge in [-0.05, 0) is 95.8 Å². The Morgan fingerprint density at radius 3 is 1.49 bits per heavy atom. The second-order valence-electron chi connectivity index (χ2n) is 26.2. The summed E-state index contributed by atoms with van der Waals surface area (Å²) in [5.41, 5.74) is 13.9. The minimum Gasteiger partial charge on any atom is -0.358 e. The number of nitrogens with zero attached hydrogens (tertiary/aromatic N) is 14. The summed E-state index contributed by atoms with van der Waals surface area (Å²) in [5, 5.41) is 7.81. The zero-order valence-electron chi connectivity index (χ0n) is 74.8. The first-order chi connectivity index (χ1) is 54.7. The lowest BCUT2D eigenvalue weighted by atomic mass is 9.90. The van der Waals surface area contributed by atoms with E-state index in [0.29, 0.717) is 59.3 Å². The van der Waals surface area contributed by atoms with Crippen molar-refractivity contribution >= 4 is 93.2 Å². The Labute approximate surface area is 687 Å². The third-order valence-corrected chi connectivity index (χ3v) is 18.2. The molecule has 2 unspecified atom stereocenters. The minimum atomic E-state index is 0.354. The monoisotopic (exact) mass is 1570 g/mol. The van der Waals surface area contributed by atoms with Crippen LogP contribution in [-0.4, -0.2) is 90.6 Å². The molecular weight excluding hydrogens is 1430 g/mol. The summed E-state index contributed by atoms with van der Waals surface area (Å²) in [4.78, 5) is 57.4. The first-order valence-electron chi connectivity index (χ1n) is 41.6. The van der Waals surface area contributed by atoms with Gasteiger partial charge in [0, 0.05) is 89.9 Å². The highest BCUT2D eigenvalue weighted by atomic mass is 32.1. The van der Waals surface area contributed by atoms with Crippen molar-refractivity contribution in [3.8, 4) is 0 Å². The van der Waals surface area contributed by atoms with Gasteiger partial charge in [0.05, 0.1) is 89.2 Å². The molecule has 17 nitrogen and oxygen atoms in total. The highest BCUT2D eigenvalue weighted by molar-refractivity contribution is 7.18. The number of allylic oxidation sites excluding steroid dienone is 3. The number of rotatable bonds is 8. The predicted octanol–water partition coefficient (Wildman–Crippen LogP) is 28.4. The maximum absolute atomic E-state index is 4.70. The number of fused-ring (bicyclic) bond motifs is 8. The van der Waals surface area contributed by atoms with Crippen LogP contribution in [0.25, 0.3) is 64.8 Å². The van der Waals surface area contributed by atoms with Gasteiger partial charge in [-0.2, -0.15) is 5.10 Å². The summed E-state index contributed by atoms with van der Waals surface area (Å²) >= 11 is 3.49. The van der Waals surface area contributed by atoms with Crippen LogP contribution in [-0.2, 0) is 0 Å². The summed E-state index contributed by atoms with van der Waals surface area (Å²) in [7, 11) is 0. The molecule has 1 aliphatic carbocycles. The Kier molecular flexibility index (Phi) is 51.4. The van der Waals surface area contributed by atoms with Crippen molar-refractivity contribution in [2.24, 2.45) is 16.8 Å². The number of aromatic amines is 3. The number of pyridine rings is 3. The minimum absolute atomic E-state index is 0.354. The van der Waals surface area contributed by atoms with E-state index in [4.69, 9.17) is 4.99 Å². The molecule has 0 radical (unpaired) electrons. The number of H-pyrrole nitrogens is 3. The van der Waals surface area contributed by atoms with Crippen molar-refractivity contribution in [2.45, 2.75) is 269 Å². The Bertz CT molecular complexity index is 3870. The molecule has 2 aromatic carbocycles. The summed E-state index contributed by atoms with van der Waals surface area (Å²) in [6.07, 6.45) is 33.2. The first kappa shape index (κ1) is 101. The van der Waals surface area contributed by atoms with Gasteiger partial charge in [0.25, 0.3) is 0 Å². The van der Waals surface area contributed by atoms with E-state index in [1.807, 2.05) is 201 Å². The van der Waals surface area contributed by atoms with Gasteiger partial charge < -0.3 is 19.4 Å². The van der Waals surface area contributed by atoms with Gasteiger partial charge >= 0.3 is 0 Å². The van der Waals surface area contributed by atoms with Gasteiger partial charge in [-0.25, -0.2) is 39.4 Å². The van der Waals surface area contributed by atoms with Crippen molar-refractivity contribution in [3.05, 3.63) is 234 Å². The van der Waals surface area contributed by atoms with Crippen LogP contribution < -0.4 is 0 Å². The van der Waals surface area contributed by atoms with Crippen LogP contribution in [0.2, 0.25) is 0 Å². The number of aromatic nitrogens is 16. The third kappa shape index (κ3) is 33.5. The van der Waals surface area contributed by atoms with Crippen molar-refractivity contribution < 1.29 is 0 Å². The van der Waals surface area contributed by atoms with E-state index >= 15 is 0 Å². The second-order valence-corrected chi connectivity index (χ2v) is 28.4. The van der Waals surface area contributed by atoms with E-state index in [0.717, 1.165) is 67.6 Å². The predicted molar refractivity (Wildman–Crippen MR) is 495 cm³/mol. The number of hydrogen-bond donors (Lipinski definition) is 3. The molecule has 0 saturated heterocycles. The maximum atomic E-state index is 4.70. The number of dihydropyridines is 1. The van der Waals surface area contributed by atoms with E-state index in [-0.39, 0.29) is 0 Å². The molecule has 0 bridgehead atoms. The van der Waals surface area contributed by atoms with Gasteiger partial charge in [0.2, 0.25) is 0 Å². The molecule has 2 atom stereocenters. The first-order valence-corrected chi connectivity index (χ1v) is 43.2. The fraction of sp³-hybridized carbons (Fsp3) is 0.447. The fourth-order valence-corrected chi connectivity index (χ4v) is 11.7. The number of nitrogens with one attached hydrogen (secondary N) is 3. The number of imidazole rings is 4. The highest BCUT2D eigenvalue weighted by Gasteiger charge is 2.20. The van der Waals surface area contributed by atoms with E-state index in [2.05, 4.69) is 254 Å². The quantitative estimate of drug-likeness (QED) is 0.130. The number of hydrogen-bond acceptors (Lipinski definition) is 14. The summed E-state index contributed by atoms with van der Waals surface area (Å²) in [6.45, 7) is 66.4. The zero-order valence-corrected chi connectivity index (χ0v) is 76.5. The molecule has 2 aliphatic rings. The molecule has 0 fully saturated rings. The molecule has 12 aromatic heterocycles. The smallest absolute Gasteiger partial charge is 0.170 e. The molecule has 13 heterocycles. The van der Waals surface area contributed by atoms with Crippen LogP contribution in [0.1, 0.15) is 302 Å². The Balaban J connectivity index is 0.000000629. The SMILES string of the molecule is CC.CC.CC.CC.CC.CC.CC.CC.CC(C)C1=NC2C=CC=CC2C=C1.CC(C)c1cc2ccccc2[nH]1.CC(C)c1cn2ccncc2n1.CC(C)c1cn2ncccc2n1.CC(C)c1nc2ccccc2[nH]1.CC(C)c1nc2ccncc2[nH]1.CC(C)c1nc2cnccc2s1.CC(C)c1nc2ncccc2s1. The molecule has 1 aliphatic heterocycles. The lowest BCUT2D eigenvalue weighted by Gasteiger charge is -2.23. The Hall–Kier alpha value is -9.72. The Morgan fingerprint density at radius 2 is 0.929 bits per heavy atom. The molecule has 19 heteroatoms. The van der Waals surface area contributed by atoms with Crippen LogP contribution >= 0.6 is 22.7 Å². The largest absolute Gasteiger partial charge is 0.358 e. The van der Waals surface area contributed by atoms with Gasteiger partial charge in [0.15, 0.2) is 16.9 Å². The van der Waals surface area contributed by atoms with Gasteiger partial charge in [0.1, 0.15) is 11.6 Å². The molecular formula is C94H141N17S2. The summed E-state index contributed by atoms with van der Waals surface area (Å²) in [5.74, 6) is 6.58. The van der Waals surface area contributed by atoms with E-state index in [9.17, 15) is 0 Å². The molecule has 113 heavy (non-hydrogen) atoms. The molecule has 0 saturated carbocycles. The molecule has 0 spiro atoms. The van der Waals surface area contributed by atoms with Crippen LogP contribution in [0.5, 0.6) is 0 Å². The molecule has 3 N–H and O–H groups in total. The van der Waals surface area contributed by atoms with Gasteiger partial charge in [-0.15, -0.1) is 22.7 Å². The van der Waals surface area contributed by atoms with Crippen LogP contribution in [0.15, 0.2) is 201 Å². The van der Waals surface area contributed by atoms with Crippen molar-refractivity contribution in [1.29, 1.82) is 0 Å². The van der Waals surface area contributed by atoms with Crippen LogP contribution in [0.4, 0.5) is 0 Å². The Morgan fingerprint density at radius 1 is 0.389 bits per heavy atom. The number of para-hydroxylation sites is 3. The van der Waals surface area contributed by atoms with Gasteiger partial charge in [-0.1, -0.05) is 282 Å². The summed E-state index contributed by atoms with van der Waals surface area (Å²) in [6, 6.07) is 30.8. The fourth-order valence-electron chi connectivity index (χ4n) is 9.83. The molecule has 14 aromatic rings. The standard InChI is InChI=1S/C12H15N.C11H13N.C10H12N2.3C9H11N3.2C9H10N2S.8C2H6/c1-9(2)11-8-7-10-5-3-4-6-12(10)13-11;1-8(2)11-7-9-5-3-4-6-10(9)12-11;1-7(2)10-11-8-5-3-4-6-9(8)12-10;1-7(2)8-6-12-4-3-10-5-9(12)11-8;1-6(2)9-11-7-3-4-10-5-8(7)12-9;1-7(2)8-6-12-9(11-8)4-3-5-10-12;1-6(2)9-11-7-5-10-4-3-8(7)12-9;1-6(2)9-11-8-7(12-9)4-3-5-10-8;8*1-2/h3-10,12H,1-2H3;3-8,12H,1-2H3;3-7H,1-2H3,(H,11,12);3-7H,1-2H3;3-6H,1-2H3,(H,11,12);3-7H,1-2H3;2*3-6H,1-2H3;8*1-2H3. The molecule has 16 rings (SSSR count). The number of aliphatic imine (C=N–C) groups is 1. The van der Waals surface area contributed by atoms with Crippen LogP contribution in [0, 0.1) is 11.8 Å². The van der Waals surface area contributed by atoms with Gasteiger partial charge in [-0.3, -0.25) is 19.9 Å². The molecule has 0 amide bonds. The van der Waals surface area contributed by atoms with Crippen molar-refractivity contribution in [2.75, 3.05) is 0 Å². The maximum Gasteiger partial charge on any atom is 0.170 e. The topological polar surface area (TPSA) is 210 Å². The highest BCUT2D eigenvalue weighted by Crippen LogP contribution is 2.28. The zero-order chi connectivity index (χ0) is 85.1. The van der Waals surface area contributed by atoms with Crippen molar-refractivity contribution in [3.63, 3.8) is 0 Å². The normalized spacial score (nSPS) is 12.3. The number of benzene rings is 2. The van der Waals surface area contributed by atoms with Crippen LogP contribution in [0.3, 0.4) is 0 Å². The van der Waals surface area contributed by atoms with E-state index < -0.39 is 0 Å². The lowest BCUT2D eigenvalue weighted by molar-refractivity contribution is 0.668. The van der Waals surface area contributed by atoms with E-state index in [1.54, 1.807) is 64.4 Å². The summed E-state index contributed by atoms with van der Waals surface area (Å²) < 4.78 is 6.20. The average Bonchev–Trinajstić information content (AvgIpc) is 1.83. The van der Waals surface area contributed by atoms with Crippen molar-refractivity contribution in [1.82, 2.24) is 78.8 Å². The number of thiazole rings is 2. The average molecular weight is 1570 g/mol. The van der Waals surface area contributed by atoms with E-state index in [1.165, 1.54) is 41.7 Å². The lowest BCUT2D eigenvalue weighted by Crippen LogP contribution is -2.22. The second kappa shape index (κ2) is 57.3. The molecule has 614 valence electrons.